The first-order chi connectivity index (χ1) is 39.9. The predicted octanol–water partition coefficient (Wildman–Crippen LogP) is 5.66. The molecule has 1 aliphatic carbocycles. The van der Waals surface area contributed by atoms with E-state index in [-0.39, 0.29) is 29.6 Å². The first-order valence-corrected chi connectivity index (χ1v) is 30.0. The molecule has 1 aromatic carbocycles. The molecule has 0 N–H and O–H groups in total. The second-order valence-corrected chi connectivity index (χ2v) is 22.5. The molecule has 0 saturated carbocycles. The molecular weight excluding hydrogens is 1100 g/mol. The van der Waals surface area contributed by atoms with E-state index in [1.165, 1.54) is 12.1 Å². The monoisotopic (exact) mass is 1190 g/mol. The molecule has 3 aliphatic heterocycles. The fourth-order valence-corrected chi connectivity index (χ4v) is 9.46. The topological polar surface area (TPSA) is 242 Å². The van der Waals surface area contributed by atoms with Crippen molar-refractivity contribution in [3.05, 3.63) is 82.6 Å². The number of hydroxylamine groups is 2. The van der Waals surface area contributed by atoms with Crippen molar-refractivity contribution >= 4 is 39.7 Å². The fourth-order valence-electron chi connectivity index (χ4n) is 8.97. The van der Waals surface area contributed by atoms with Crippen molar-refractivity contribution in [2.24, 2.45) is 0 Å². The highest BCUT2D eigenvalue weighted by Crippen LogP contribution is 2.48. The van der Waals surface area contributed by atoms with Crippen molar-refractivity contribution in [3.8, 4) is 11.3 Å². The summed E-state index contributed by atoms with van der Waals surface area (Å²) in [5.74, 6) is -0.255. The molecule has 0 bridgehead atoms. The van der Waals surface area contributed by atoms with Crippen LogP contribution in [0.2, 0.25) is 0 Å². The summed E-state index contributed by atoms with van der Waals surface area (Å²) >= 11 is 0. The van der Waals surface area contributed by atoms with Gasteiger partial charge in [-0.05, 0) is 60.4 Å². The maximum atomic E-state index is 12.5. The molecule has 0 aromatic heterocycles. The Kier molecular flexibility index (Phi) is 30.5. The van der Waals surface area contributed by atoms with Gasteiger partial charge in [-0.1, -0.05) is 53.2 Å². The zero-order valence-electron chi connectivity index (χ0n) is 49.8. The van der Waals surface area contributed by atoms with E-state index in [2.05, 4.69) is 36.3 Å². The third-order valence-corrected chi connectivity index (χ3v) is 14.3. The zero-order valence-corrected chi connectivity index (χ0v) is 50.6. The Bertz CT molecular complexity index is 2650. The highest BCUT2D eigenvalue weighted by molar-refractivity contribution is 7.85. The van der Waals surface area contributed by atoms with Crippen LogP contribution in [-0.4, -0.2) is 202 Å². The fraction of sp³-hybridized carbons (Fsp3) is 0.633. The molecular formula is C60H89N3O19S. The highest BCUT2D eigenvalue weighted by Gasteiger charge is 2.40. The van der Waals surface area contributed by atoms with Gasteiger partial charge in [-0.2, -0.15) is 0 Å². The summed E-state index contributed by atoms with van der Waals surface area (Å²) in [6.45, 7) is 21.3. The Morgan fingerprint density at radius 3 is 1.64 bits per heavy atom. The number of hydrogen-bond acceptors (Lipinski definition) is 20. The van der Waals surface area contributed by atoms with Gasteiger partial charge in [0.15, 0.2) is 13.1 Å². The van der Waals surface area contributed by atoms with Gasteiger partial charge >= 0.3 is 5.97 Å². The van der Waals surface area contributed by atoms with E-state index in [9.17, 15) is 27.4 Å². The Balaban J connectivity index is 1.28. The van der Waals surface area contributed by atoms with Gasteiger partial charge in [-0.25, -0.2) is 17.8 Å². The highest BCUT2D eigenvalue weighted by atomic mass is 32.2. The van der Waals surface area contributed by atoms with Crippen molar-refractivity contribution in [1.82, 2.24) is 9.64 Å². The molecule has 0 atom stereocenters. The second-order valence-electron chi connectivity index (χ2n) is 21.2. The maximum absolute atomic E-state index is 12.5. The van der Waals surface area contributed by atoms with E-state index in [1.54, 1.807) is 20.3 Å². The third kappa shape index (κ3) is 23.8. The number of imide groups is 1. The molecule has 1 fully saturated rings. The van der Waals surface area contributed by atoms with Gasteiger partial charge in [0.25, 0.3) is 11.8 Å². The molecule has 1 saturated heterocycles. The van der Waals surface area contributed by atoms with E-state index in [1.807, 2.05) is 50.3 Å². The van der Waals surface area contributed by atoms with E-state index < -0.39 is 33.3 Å². The lowest BCUT2D eigenvalue weighted by molar-refractivity contribution is -0.197. The molecule has 2 amide bonds. The average Bonchev–Trinajstić information content (AvgIpc) is 3.43. The molecule has 464 valence electrons. The summed E-state index contributed by atoms with van der Waals surface area (Å²) < 4.78 is 107. The van der Waals surface area contributed by atoms with Crippen LogP contribution in [0.1, 0.15) is 90.0 Å². The summed E-state index contributed by atoms with van der Waals surface area (Å²) in [5, 5.41) is 1.47. The SMILES string of the molecule is COCCOCCOCCOCCOCCOCC[N+](CCOCCOCCOCCOCCOC)=c1ccc2c(/C=C/C=C3/N(CCCCCC(=O)ON4C(=O)CCC4=O)c4ccc(S(=O)(=O)[O-])cc4C3(C)C)cc(C(C)(C)C)oc-2c1. The standard InChI is InChI=1S/C60H89N3O19S/c1-59(2,3)55-44-47(12-11-13-54-60(4,5)51-46-49(83(67,68)69)16-18-52(51)62(54)21-10-8-9-14-58(66)82-63-56(64)19-20-57(63)65)50-17-15-48(45-53(50)81-55)61(22-24-72-30-32-76-38-40-78-36-34-74-28-26-70-6)23-25-73-31-33-77-39-41-80-43-42-79-37-35-75-29-27-71-7/h11-13,15-18,44-46H,8-10,14,19-43H2,1-7H3. The predicted molar refractivity (Wildman–Crippen MR) is 308 cm³/mol. The van der Waals surface area contributed by atoms with Gasteiger partial charge in [0, 0.05) is 73.9 Å². The Morgan fingerprint density at radius 1 is 0.663 bits per heavy atom. The van der Waals surface area contributed by atoms with Gasteiger partial charge in [-0.3, -0.25) is 9.59 Å². The minimum Gasteiger partial charge on any atom is -0.744 e. The van der Waals surface area contributed by atoms with Crippen LogP contribution in [0.3, 0.4) is 0 Å². The lowest BCUT2D eigenvalue weighted by atomic mass is 9.83. The van der Waals surface area contributed by atoms with Gasteiger partial charge < -0.3 is 70.8 Å². The van der Waals surface area contributed by atoms with Crippen LogP contribution in [0, 0.1) is 0 Å². The average molecular weight is 1190 g/mol. The Hall–Kier alpha value is -4.99. The first-order valence-electron chi connectivity index (χ1n) is 28.6. The third-order valence-electron chi connectivity index (χ3n) is 13.5. The number of anilines is 1. The number of ether oxygens (including phenoxy) is 11. The van der Waals surface area contributed by atoms with Crippen LogP contribution >= 0.6 is 0 Å². The largest absolute Gasteiger partial charge is 0.744 e. The molecule has 0 radical (unpaired) electrons. The summed E-state index contributed by atoms with van der Waals surface area (Å²) in [6.07, 6.45) is 7.78. The van der Waals surface area contributed by atoms with Gasteiger partial charge in [-0.15, -0.1) is 5.06 Å². The van der Waals surface area contributed by atoms with Crippen molar-refractivity contribution in [3.63, 3.8) is 0 Å². The lowest BCUT2D eigenvalue weighted by Crippen LogP contribution is -2.36. The number of carbonyl (C=O) groups is 3. The van der Waals surface area contributed by atoms with E-state index in [4.69, 9.17) is 61.4 Å². The van der Waals surface area contributed by atoms with Crippen LogP contribution in [0.5, 0.6) is 0 Å². The quantitative estimate of drug-likeness (QED) is 0.0287. The molecule has 83 heavy (non-hydrogen) atoms. The van der Waals surface area contributed by atoms with Crippen LogP contribution in [0.25, 0.3) is 17.4 Å². The Labute approximate surface area is 489 Å². The number of unbranched alkanes of at least 4 members (excludes halogenated alkanes) is 2. The molecule has 0 spiro atoms. The number of methoxy groups -OCH3 is 2. The molecule has 3 heterocycles. The minimum atomic E-state index is -4.73. The van der Waals surface area contributed by atoms with Crippen molar-refractivity contribution in [1.29, 1.82) is 0 Å². The molecule has 1 aromatic rings. The molecule has 22 nitrogen and oxygen atoms in total. The Morgan fingerprint density at radius 2 is 1.16 bits per heavy atom. The number of allylic oxidation sites excluding steroid dienone is 3. The second kappa shape index (κ2) is 36.8. The molecule has 0 unspecified atom stereocenters. The van der Waals surface area contributed by atoms with E-state index in [0.29, 0.717) is 187 Å². The summed E-state index contributed by atoms with van der Waals surface area (Å²) in [4.78, 5) is 43.3. The van der Waals surface area contributed by atoms with E-state index >= 15 is 0 Å². The number of benzene rings is 2. The van der Waals surface area contributed by atoms with Crippen LogP contribution in [-0.2, 0) is 92.3 Å². The van der Waals surface area contributed by atoms with Crippen molar-refractivity contribution in [2.75, 3.05) is 171 Å². The zero-order chi connectivity index (χ0) is 59.9. The maximum Gasteiger partial charge on any atom is 0.333 e. The molecule has 4 aliphatic rings. The number of carbonyl (C=O) groups excluding carboxylic acids is 3. The van der Waals surface area contributed by atoms with E-state index in [0.717, 1.165) is 33.6 Å². The van der Waals surface area contributed by atoms with Crippen LogP contribution < -0.4 is 14.8 Å². The summed E-state index contributed by atoms with van der Waals surface area (Å²) in [6, 6.07) is 12.7. The van der Waals surface area contributed by atoms with Gasteiger partial charge in [0.2, 0.25) is 5.36 Å². The number of rotatable bonds is 43. The summed E-state index contributed by atoms with van der Waals surface area (Å²) in [7, 11) is -1.46. The summed E-state index contributed by atoms with van der Waals surface area (Å²) in [5.41, 5.74) is 3.08. The smallest absolute Gasteiger partial charge is 0.333 e. The van der Waals surface area contributed by atoms with Crippen LogP contribution in [0.4, 0.5) is 5.69 Å². The number of nitrogens with zero attached hydrogens (tertiary/aromatic N) is 3. The first kappa shape index (κ1) is 68.8. The number of amides is 2. The van der Waals surface area contributed by atoms with Crippen molar-refractivity contribution < 1.29 is 88.7 Å². The normalized spacial score (nSPS) is 15.4. The van der Waals surface area contributed by atoms with Gasteiger partial charge in [0.05, 0.1) is 130 Å². The lowest BCUT2D eigenvalue weighted by Gasteiger charge is -2.27. The number of hydrogen-bond donors (Lipinski definition) is 0. The van der Waals surface area contributed by atoms with Crippen molar-refractivity contribution in [2.45, 2.75) is 88.9 Å². The molecule has 5 rings (SSSR count). The van der Waals surface area contributed by atoms with Gasteiger partial charge in [0.1, 0.15) is 34.9 Å². The van der Waals surface area contributed by atoms with Crippen LogP contribution in [0.15, 0.2) is 69.6 Å². The molecule has 23 heteroatoms. The minimum absolute atomic E-state index is 0.0185. The number of fused-ring (bicyclic) bond motifs is 2.